The quantitative estimate of drug-likeness (QED) is 0.607. The molecule has 0 atom stereocenters. The zero-order valence-electron chi connectivity index (χ0n) is 15.2. The van der Waals surface area contributed by atoms with Crippen LogP contribution in [0.1, 0.15) is 34.9 Å². The zero-order valence-corrected chi connectivity index (χ0v) is 17.7. The number of hydrogen-bond donors (Lipinski definition) is 1. The lowest BCUT2D eigenvalue weighted by Crippen LogP contribution is -2.27. The summed E-state index contributed by atoms with van der Waals surface area (Å²) in [4.78, 5) is 28.8. The van der Waals surface area contributed by atoms with Gasteiger partial charge >= 0.3 is 5.97 Å². The van der Waals surface area contributed by atoms with E-state index in [1.165, 1.54) is 16.7 Å². The van der Waals surface area contributed by atoms with Crippen molar-refractivity contribution in [2.45, 2.75) is 36.8 Å². The van der Waals surface area contributed by atoms with Gasteiger partial charge in [0.15, 0.2) is 9.84 Å². The largest absolute Gasteiger partial charge is 0.478 e. The summed E-state index contributed by atoms with van der Waals surface area (Å²) in [6, 6.07) is 4.54. The van der Waals surface area contributed by atoms with Crippen LogP contribution in [-0.2, 0) is 28.6 Å². The Morgan fingerprint density at radius 1 is 1.29 bits per heavy atom. The van der Waals surface area contributed by atoms with Gasteiger partial charge in [0.05, 0.1) is 16.8 Å². The van der Waals surface area contributed by atoms with E-state index < -0.39 is 15.8 Å². The molecule has 0 bridgehead atoms. The van der Waals surface area contributed by atoms with Crippen LogP contribution in [0.2, 0.25) is 0 Å². The first-order valence-corrected chi connectivity index (χ1v) is 11.9. The average molecular weight is 439 g/mol. The molecule has 0 amide bonds. The fraction of sp³-hybridized carbons (Fsp3) is 0.278. The van der Waals surface area contributed by atoms with E-state index in [-0.39, 0.29) is 26.6 Å². The van der Waals surface area contributed by atoms with Gasteiger partial charge in [0.25, 0.3) is 5.56 Å². The second-order valence-electron chi connectivity index (χ2n) is 5.94. The zero-order chi connectivity index (χ0) is 20.5. The number of aromatic nitrogens is 2. The molecule has 7 nitrogen and oxygen atoms in total. The van der Waals surface area contributed by atoms with Crippen LogP contribution in [0.15, 0.2) is 38.0 Å². The minimum atomic E-state index is -3.51. The molecule has 3 aromatic heterocycles. The van der Waals surface area contributed by atoms with Crippen LogP contribution in [0.4, 0.5) is 0 Å². The van der Waals surface area contributed by atoms with E-state index in [1.807, 2.05) is 0 Å². The van der Waals surface area contributed by atoms with Crippen LogP contribution < -0.4 is 5.56 Å². The van der Waals surface area contributed by atoms with E-state index in [4.69, 9.17) is 0 Å². The third-order valence-electron chi connectivity index (χ3n) is 4.23. The first-order chi connectivity index (χ1) is 13.3. The lowest BCUT2D eigenvalue weighted by atomic mass is 10.1. The molecule has 0 spiro atoms. The molecule has 148 valence electrons. The molecule has 0 aliphatic heterocycles. The van der Waals surface area contributed by atoms with Crippen LogP contribution >= 0.6 is 22.7 Å². The van der Waals surface area contributed by atoms with E-state index in [1.54, 1.807) is 30.7 Å². The first kappa shape index (κ1) is 20.4. The van der Waals surface area contributed by atoms with E-state index in [9.17, 15) is 23.1 Å². The van der Waals surface area contributed by atoms with Crippen molar-refractivity contribution >= 4 is 38.5 Å². The number of thiazole rings is 1. The van der Waals surface area contributed by atoms with Gasteiger partial charge in [0.2, 0.25) is 0 Å². The molecular weight excluding hydrogens is 420 g/mol. The SMILES string of the molecule is CCc1c(C(=O)O)cc(-c2csc(CS(=O)(=O)c3cccs3)n2)c(=O)n1CC. The van der Waals surface area contributed by atoms with Gasteiger partial charge in [-0.3, -0.25) is 4.79 Å². The Morgan fingerprint density at radius 3 is 2.61 bits per heavy atom. The minimum absolute atomic E-state index is 0.0553. The Balaban J connectivity index is 2.05. The lowest BCUT2D eigenvalue weighted by Gasteiger charge is -2.14. The maximum absolute atomic E-state index is 12.9. The maximum atomic E-state index is 12.9. The predicted octanol–water partition coefficient (Wildman–Crippen LogP) is 3.29. The molecule has 0 saturated heterocycles. The number of aromatic carboxylic acids is 1. The monoisotopic (exact) mass is 438 g/mol. The molecule has 0 unspecified atom stereocenters. The topological polar surface area (TPSA) is 106 Å². The smallest absolute Gasteiger partial charge is 0.337 e. The molecule has 3 heterocycles. The number of carbonyl (C=O) groups is 1. The molecular formula is C18H18N2O5S3. The Labute approximate surface area is 169 Å². The minimum Gasteiger partial charge on any atom is -0.478 e. The molecule has 1 N–H and O–H groups in total. The molecule has 0 fully saturated rings. The van der Waals surface area contributed by atoms with Gasteiger partial charge in [-0.1, -0.05) is 13.0 Å². The highest BCUT2D eigenvalue weighted by molar-refractivity contribution is 7.92. The summed E-state index contributed by atoms with van der Waals surface area (Å²) in [5.41, 5.74) is 0.632. The summed E-state index contributed by atoms with van der Waals surface area (Å²) in [5.74, 6) is -1.38. The van der Waals surface area contributed by atoms with Gasteiger partial charge in [-0.2, -0.15) is 0 Å². The van der Waals surface area contributed by atoms with E-state index >= 15 is 0 Å². The maximum Gasteiger partial charge on any atom is 0.337 e. The van der Waals surface area contributed by atoms with Crippen molar-refractivity contribution in [3.05, 3.63) is 55.6 Å². The standard InChI is InChI=1S/C18H18N2O5S3/c1-3-14-12(18(22)23)8-11(17(21)20(14)4-2)13-9-27-15(19-13)10-28(24,25)16-6-5-7-26-16/h5-9H,3-4,10H2,1-2H3,(H,22,23). The summed E-state index contributed by atoms with van der Waals surface area (Å²) < 4.78 is 26.6. The van der Waals surface area contributed by atoms with Crippen molar-refractivity contribution in [3.8, 4) is 11.3 Å². The van der Waals surface area contributed by atoms with Crippen molar-refractivity contribution in [2.24, 2.45) is 0 Å². The number of rotatable bonds is 7. The van der Waals surface area contributed by atoms with E-state index in [0.717, 1.165) is 22.7 Å². The van der Waals surface area contributed by atoms with Gasteiger partial charge in [-0.15, -0.1) is 22.7 Å². The molecule has 3 aromatic rings. The van der Waals surface area contributed by atoms with Crippen molar-refractivity contribution < 1.29 is 18.3 Å². The lowest BCUT2D eigenvalue weighted by molar-refractivity contribution is 0.0694. The van der Waals surface area contributed by atoms with E-state index in [0.29, 0.717) is 29.4 Å². The molecule has 0 aliphatic carbocycles. The van der Waals surface area contributed by atoms with Gasteiger partial charge in [0, 0.05) is 17.6 Å². The van der Waals surface area contributed by atoms with Gasteiger partial charge in [0.1, 0.15) is 15.0 Å². The van der Waals surface area contributed by atoms with Crippen LogP contribution in [0.5, 0.6) is 0 Å². The van der Waals surface area contributed by atoms with Crippen molar-refractivity contribution in [1.29, 1.82) is 0 Å². The number of carboxylic acids is 1. The number of nitrogens with zero attached hydrogens (tertiary/aromatic N) is 2. The highest BCUT2D eigenvalue weighted by atomic mass is 32.2. The predicted molar refractivity (Wildman–Crippen MR) is 109 cm³/mol. The fourth-order valence-corrected chi connectivity index (χ4v) is 6.47. The van der Waals surface area contributed by atoms with Crippen LogP contribution in [0, 0.1) is 0 Å². The van der Waals surface area contributed by atoms with Crippen LogP contribution in [-0.4, -0.2) is 29.0 Å². The summed E-state index contributed by atoms with van der Waals surface area (Å²) in [6.45, 7) is 3.90. The summed E-state index contributed by atoms with van der Waals surface area (Å²) in [5, 5.41) is 13.2. The number of sulfone groups is 1. The Morgan fingerprint density at radius 2 is 2.04 bits per heavy atom. The molecule has 0 aromatic carbocycles. The van der Waals surface area contributed by atoms with Gasteiger partial charge in [-0.25, -0.2) is 18.2 Å². The number of carboxylic acid groups (broad SMARTS) is 1. The summed E-state index contributed by atoms with van der Waals surface area (Å²) >= 11 is 2.27. The van der Waals surface area contributed by atoms with Crippen molar-refractivity contribution in [1.82, 2.24) is 9.55 Å². The average Bonchev–Trinajstić information content (AvgIpc) is 3.32. The Kier molecular flexibility index (Phi) is 5.82. The molecule has 10 heteroatoms. The summed E-state index contributed by atoms with van der Waals surface area (Å²) in [6.07, 6.45) is 0.409. The second-order valence-corrected chi connectivity index (χ2v) is 10.1. The first-order valence-electron chi connectivity index (χ1n) is 8.49. The molecule has 0 aliphatic rings. The number of thiophene rings is 1. The Hall–Kier alpha value is -2.30. The number of hydrogen-bond acceptors (Lipinski definition) is 7. The fourth-order valence-electron chi connectivity index (χ4n) is 2.96. The van der Waals surface area contributed by atoms with E-state index in [2.05, 4.69) is 4.98 Å². The third-order valence-corrected chi connectivity index (χ3v) is 8.37. The molecule has 28 heavy (non-hydrogen) atoms. The molecule has 3 rings (SSSR count). The van der Waals surface area contributed by atoms with Gasteiger partial charge in [-0.05, 0) is 30.9 Å². The molecule has 0 saturated carbocycles. The van der Waals surface area contributed by atoms with Crippen molar-refractivity contribution in [2.75, 3.05) is 0 Å². The second kappa shape index (κ2) is 7.98. The Bertz CT molecular complexity index is 1170. The highest BCUT2D eigenvalue weighted by Crippen LogP contribution is 2.26. The summed E-state index contributed by atoms with van der Waals surface area (Å²) in [7, 11) is -3.51. The van der Waals surface area contributed by atoms with Crippen LogP contribution in [0.25, 0.3) is 11.3 Å². The highest BCUT2D eigenvalue weighted by Gasteiger charge is 2.22. The molecule has 0 radical (unpaired) electrons. The van der Waals surface area contributed by atoms with Crippen molar-refractivity contribution in [3.63, 3.8) is 0 Å². The normalized spacial score (nSPS) is 11.6. The van der Waals surface area contributed by atoms with Crippen LogP contribution in [0.3, 0.4) is 0 Å². The number of pyridine rings is 1. The van der Waals surface area contributed by atoms with Gasteiger partial charge < -0.3 is 9.67 Å². The third kappa shape index (κ3) is 3.80.